The highest BCUT2D eigenvalue weighted by atomic mass is 16.2. The molecular formula is C21H39NO2. The zero-order valence-electron chi connectivity index (χ0n) is 16.2. The lowest BCUT2D eigenvalue weighted by Gasteiger charge is -2.13. The highest BCUT2D eigenvalue weighted by Gasteiger charge is 2.34. The largest absolute Gasteiger partial charge is 0.282 e. The number of rotatable bonds is 15. The molecule has 0 aromatic heterocycles. The molecule has 3 nitrogen and oxygen atoms in total. The molecule has 2 amide bonds. The van der Waals surface area contributed by atoms with Crippen molar-refractivity contribution in [2.75, 3.05) is 6.54 Å². The van der Waals surface area contributed by atoms with Crippen LogP contribution in [0.2, 0.25) is 0 Å². The van der Waals surface area contributed by atoms with E-state index >= 15 is 0 Å². The van der Waals surface area contributed by atoms with Gasteiger partial charge in [0, 0.05) is 18.9 Å². The summed E-state index contributed by atoms with van der Waals surface area (Å²) < 4.78 is 0. The van der Waals surface area contributed by atoms with Gasteiger partial charge in [0.05, 0.1) is 0 Å². The van der Waals surface area contributed by atoms with Crippen molar-refractivity contribution in [3.63, 3.8) is 0 Å². The summed E-state index contributed by atoms with van der Waals surface area (Å²) in [4.78, 5) is 24.9. The molecule has 1 aliphatic heterocycles. The van der Waals surface area contributed by atoms with Crippen molar-refractivity contribution in [1.82, 2.24) is 4.90 Å². The van der Waals surface area contributed by atoms with E-state index in [1.807, 2.05) is 6.92 Å². The molecule has 1 heterocycles. The maximum Gasteiger partial charge on any atom is 0.232 e. The van der Waals surface area contributed by atoms with Gasteiger partial charge < -0.3 is 0 Å². The summed E-state index contributed by atoms with van der Waals surface area (Å²) in [5.74, 6) is -0.0268. The zero-order chi connectivity index (χ0) is 17.6. The van der Waals surface area contributed by atoms with Crippen molar-refractivity contribution in [1.29, 1.82) is 0 Å². The van der Waals surface area contributed by atoms with E-state index in [2.05, 4.69) is 6.92 Å². The highest BCUT2D eigenvalue weighted by molar-refractivity contribution is 6.03. The van der Waals surface area contributed by atoms with Crippen molar-refractivity contribution < 1.29 is 9.59 Å². The maximum absolute atomic E-state index is 11.8. The van der Waals surface area contributed by atoms with Crippen LogP contribution >= 0.6 is 0 Å². The molecule has 1 fully saturated rings. The SMILES string of the molecule is CCCCCCCCCCCCCCCCN1C(=O)CC(C)C1=O. The second-order valence-electron chi connectivity index (χ2n) is 7.58. The molecule has 1 unspecified atom stereocenters. The van der Waals surface area contributed by atoms with E-state index in [-0.39, 0.29) is 17.7 Å². The van der Waals surface area contributed by atoms with Gasteiger partial charge in [-0.2, -0.15) is 0 Å². The Bertz CT molecular complexity index is 354. The normalized spacial score (nSPS) is 17.9. The van der Waals surface area contributed by atoms with Crippen molar-refractivity contribution >= 4 is 11.8 Å². The topological polar surface area (TPSA) is 37.4 Å². The van der Waals surface area contributed by atoms with Crippen LogP contribution in [-0.4, -0.2) is 23.3 Å². The average molecular weight is 338 g/mol. The van der Waals surface area contributed by atoms with Crippen LogP contribution in [0.5, 0.6) is 0 Å². The van der Waals surface area contributed by atoms with Crippen molar-refractivity contribution in [3.05, 3.63) is 0 Å². The highest BCUT2D eigenvalue weighted by Crippen LogP contribution is 2.19. The average Bonchev–Trinajstić information content (AvgIpc) is 2.81. The van der Waals surface area contributed by atoms with E-state index in [4.69, 9.17) is 0 Å². The standard InChI is InChI=1S/C21H39NO2/c1-3-4-5-6-7-8-9-10-11-12-13-14-15-16-17-22-20(23)18-19(2)21(22)24/h19H,3-18H2,1-2H3. The van der Waals surface area contributed by atoms with E-state index < -0.39 is 0 Å². The summed E-state index contributed by atoms with van der Waals surface area (Å²) in [6.45, 7) is 4.76. The van der Waals surface area contributed by atoms with Crippen molar-refractivity contribution in [2.45, 2.75) is 110 Å². The number of hydrogen-bond acceptors (Lipinski definition) is 2. The molecule has 0 N–H and O–H groups in total. The maximum atomic E-state index is 11.8. The van der Waals surface area contributed by atoms with Crippen LogP contribution in [0.15, 0.2) is 0 Å². The first kappa shape index (κ1) is 21.2. The van der Waals surface area contributed by atoms with E-state index in [9.17, 15) is 9.59 Å². The molecule has 0 aromatic carbocycles. The molecule has 0 aromatic rings. The number of imide groups is 1. The lowest BCUT2D eigenvalue weighted by Crippen LogP contribution is -2.31. The summed E-state index contributed by atoms with van der Waals surface area (Å²) in [6.07, 6.45) is 19.0. The van der Waals surface area contributed by atoms with Gasteiger partial charge in [-0.05, 0) is 6.42 Å². The van der Waals surface area contributed by atoms with Gasteiger partial charge in [0.25, 0.3) is 0 Å². The Morgan fingerprint density at radius 2 is 1.17 bits per heavy atom. The van der Waals surface area contributed by atoms with Crippen molar-refractivity contribution in [2.24, 2.45) is 5.92 Å². The Morgan fingerprint density at radius 3 is 1.54 bits per heavy atom. The van der Waals surface area contributed by atoms with Gasteiger partial charge in [-0.15, -0.1) is 0 Å². The van der Waals surface area contributed by atoms with Crippen LogP contribution in [0.1, 0.15) is 110 Å². The predicted molar refractivity (Wildman–Crippen MR) is 101 cm³/mol. The minimum Gasteiger partial charge on any atom is -0.282 e. The first-order chi connectivity index (χ1) is 11.7. The second kappa shape index (κ2) is 13.4. The quantitative estimate of drug-likeness (QED) is 0.277. The molecule has 0 radical (unpaired) electrons. The first-order valence-electron chi connectivity index (χ1n) is 10.5. The lowest BCUT2D eigenvalue weighted by atomic mass is 10.0. The van der Waals surface area contributed by atoms with Gasteiger partial charge in [-0.3, -0.25) is 14.5 Å². The van der Waals surface area contributed by atoms with Gasteiger partial charge in [0.15, 0.2) is 0 Å². The van der Waals surface area contributed by atoms with Crippen LogP contribution in [0.4, 0.5) is 0 Å². The summed E-state index contributed by atoms with van der Waals surface area (Å²) in [5, 5.41) is 0. The van der Waals surface area contributed by atoms with Gasteiger partial charge in [0.2, 0.25) is 11.8 Å². The molecule has 3 heteroatoms. The van der Waals surface area contributed by atoms with E-state index in [1.165, 1.54) is 81.9 Å². The Kier molecular flexibility index (Phi) is 11.9. The van der Waals surface area contributed by atoms with Crippen LogP contribution in [-0.2, 0) is 9.59 Å². The van der Waals surface area contributed by atoms with Gasteiger partial charge in [-0.25, -0.2) is 0 Å². The predicted octanol–water partition coefficient (Wildman–Crippen LogP) is 5.86. The minimum atomic E-state index is -0.0934. The Morgan fingerprint density at radius 1 is 0.750 bits per heavy atom. The van der Waals surface area contributed by atoms with Gasteiger partial charge in [0.1, 0.15) is 0 Å². The van der Waals surface area contributed by atoms with Crippen LogP contribution in [0.3, 0.4) is 0 Å². The third kappa shape index (κ3) is 8.84. The van der Waals surface area contributed by atoms with Crippen molar-refractivity contribution in [3.8, 4) is 0 Å². The van der Waals surface area contributed by atoms with E-state index in [1.54, 1.807) is 0 Å². The molecule has 1 rings (SSSR count). The molecule has 1 aliphatic rings. The number of unbranched alkanes of at least 4 members (excludes halogenated alkanes) is 13. The molecule has 1 saturated heterocycles. The lowest BCUT2D eigenvalue weighted by molar-refractivity contribution is -0.139. The van der Waals surface area contributed by atoms with Crippen LogP contribution in [0.25, 0.3) is 0 Å². The van der Waals surface area contributed by atoms with E-state index in [0.29, 0.717) is 13.0 Å². The Balaban J connectivity index is 1.81. The number of likely N-dealkylation sites (tertiary alicyclic amines) is 1. The fraction of sp³-hybridized carbons (Fsp3) is 0.905. The molecule has 1 atom stereocenters. The molecule has 0 saturated carbocycles. The number of hydrogen-bond donors (Lipinski definition) is 0. The third-order valence-electron chi connectivity index (χ3n) is 5.20. The fourth-order valence-electron chi connectivity index (χ4n) is 3.55. The molecular weight excluding hydrogens is 298 g/mol. The summed E-state index contributed by atoms with van der Waals surface area (Å²) in [5.41, 5.74) is 0. The summed E-state index contributed by atoms with van der Waals surface area (Å²) in [7, 11) is 0. The molecule has 0 spiro atoms. The second-order valence-corrected chi connectivity index (χ2v) is 7.58. The van der Waals surface area contributed by atoms with Crippen LogP contribution in [0, 0.1) is 5.92 Å². The minimum absolute atomic E-state index is 0.0298. The zero-order valence-corrected chi connectivity index (χ0v) is 16.2. The fourth-order valence-corrected chi connectivity index (χ4v) is 3.55. The summed E-state index contributed by atoms with van der Waals surface area (Å²) >= 11 is 0. The number of amides is 2. The smallest absolute Gasteiger partial charge is 0.232 e. The van der Waals surface area contributed by atoms with Crippen LogP contribution < -0.4 is 0 Å². The molecule has 0 aliphatic carbocycles. The monoisotopic (exact) mass is 337 g/mol. The Hall–Kier alpha value is -0.860. The third-order valence-corrected chi connectivity index (χ3v) is 5.20. The number of nitrogens with zero attached hydrogens (tertiary/aromatic N) is 1. The molecule has 140 valence electrons. The number of carbonyl (C=O) groups is 2. The first-order valence-corrected chi connectivity index (χ1v) is 10.5. The Labute approximate surface area is 149 Å². The molecule has 0 bridgehead atoms. The molecule has 24 heavy (non-hydrogen) atoms. The summed E-state index contributed by atoms with van der Waals surface area (Å²) in [6, 6.07) is 0. The van der Waals surface area contributed by atoms with E-state index in [0.717, 1.165) is 12.8 Å². The van der Waals surface area contributed by atoms with Gasteiger partial charge in [-0.1, -0.05) is 97.3 Å². The van der Waals surface area contributed by atoms with Gasteiger partial charge >= 0.3 is 0 Å². The number of carbonyl (C=O) groups excluding carboxylic acids is 2.